The Morgan fingerprint density at radius 1 is 1.50 bits per heavy atom. The van der Waals surface area contributed by atoms with Crippen LogP contribution in [0.1, 0.15) is 12.0 Å². The lowest BCUT2D eigenvalue weighted by Crippen LogP contribution is -2.39. The smallest absolute Gasteiger partial charge is 0.132 e. The first-order valence-electron chi connectivity index (χ1n) is 5.83. The van der Waals surface area contributed by atoms with E-state index in [4.69, 9.17) is 11.6 Å². The van der Waals surface area contributed by atoms with Crippen LogP contribution in [0.2, 0.25) is 5.15 Å². The third-order valence-corrected chi connectivity index (χ3v) is 4.04. The number of pyridine rings is 1. The van der Waals surface area contributed by atoms with Crippen LogP contribution in [0.4, 0.5) is 5.69 Å². The number of hydrogen-bond donors (Lipinski definition) is 1. The zero-order chi connectivity index (χ0) is 11.1. The fourth-order valence-corrected chi connectivity index (χ4v) is 2.93. The Labute approximate surface area is 101 Å². The van der Waals surface area contributed by atoms with E-state index >= 15 is 0 Å². The largest absolute Gasteiger partial charge is 0.366 e. The molecule has 3 nitrogen and oxygen atoms in total. The number of aryl methyl sites for hydroxylation is 1. The minimum Gasteiger partial charge on any atom is -0.366 e. The Hall–Kier alpha value is -0.800. The molecule has 2 bridgehead atoms. The van der Waals surface area contributed by atoms with Gasteiger partial charge in [-0.15, -0.1) is 0 Å². The molecule has 1 aromatic heterocycles. The van der Waals surface area contributed by atoms with Crippen LogP contribution in [-0.4, -0.2) is 30.7 Å². The van der Waals surface area contributed by atoms with Crippen LogP contribution in [0.15, 0.2) is 12.3 Å². The average molecular weight is 238 g/mol. The third-order valence-electron chi connectivity index (χ3n) is 3.65. The summed E-state index contributed by atoms with van der Waals surface area (Å²) >= 11 is 5.96. The van der Waals surface area contributed by atoms with Crippen molar-refractivity contribution < 1.29 is 0 Å². The van der Waals surface area contributed by atoms with Gasteiger partial charge in [0.05, 0.1) is 11.9 Å². The van der Waals surface area contributed by atoms with Crippen molar-refractivity contribution >= 4 is 17.3 Å². The molecule has 2 aliphatic rings. The summed E-state index contributed by atoms with van der Waals surface area (Å²) in [7, 11) is 0. The SMILES string of the molecule is Cc1cc(N2C[C@@H]3CNC[C@@H]2C3)cnc1Cl. The quantitative estimate of drug-likeness (QED) is 0.756. The first-order chi connectivity index (χ1) is 7.74. The van der Waals surface area contributed by atoms with Crippen molar-refractivity contribution in [2.75, 3.05) is 24.5 Å². The summed E-state index contributed by atoms with van der Waals surface area (Å²) < 4.78 is 0. The van der Waals surface area contributed by atoms with Gasteiger partial charge in [-0.2, -0.15) is 0 Å². The predicted octanol–water partition coefficient (Wildman–Crippen LogP) is 1.84. The summed E-state index contributed by atoms with van der Waals surface area (Å²) in [5.74, 6) is 0.801. The van der Waals surface area contributed by atoms with Gasteiger partial charge in [0.1, 0.15) is 5.15 Å². The molecule has 2 atom stereocenters. The minimum atomic E-state index is 0.615. The fraction of sp³-hybridized carbons (Fsp3) is 0.583. The molecule has 2 aliphatic heterocycles. The highest BCUT2D eigenvalue weighted by Gasteiger charge is 2.35. The van der Waals surface area contributed by atoms with Crippen molar-refractivity contribution in [3.05, 3.63) is 23.0 Å². The van der Waals surface area contributed by atoms with Crippen LogP contribution in [0, 0.1) is 12.8 Å². The van der Waals surface area contributed by atoms with E-state index in [1.807, 2.05) is 13.1 Å². The standard InChI is InChI=1S/C12H16ClN3/c1-8-2-10(6-15-12(8)13)16-7-9-3-11(16)5-14-4-9/h2,6,9,11,14H,3-5,7H2,1H3/t9-,11-/m0/s1. The summed E-state index contributed by atoms with van der Waals surface area (Å²) in [6.07, 6.45) is 3.21. The fourth-order valence-electron chi connectivity index (χ4n) is 2.83. The van der Waals surface area contributed by atoms with Crippen LogP contribution < -0.4 is 10.2 Å². The van der Waals surface area contributed by atoms with Gasteiger partial charge in [-0.25, -0.2) is 4.98 Å². The lowest BCUT2D eigenvalue weighted by atomic mass is 10.0. The van der Waals surface area contributed by atoms with Gasteiger partial charge < -0.3 is 10.2 Å². The second-order valence-corrected chi connectivity index (χ2v) is 5.23. The molecule has 0 amide bonds. The van der Waals surface area contributed by atoms with E-state index in [2.05, 4.69) is 21.3 Å². The van der Waals surface area contributed by atoms with Gasteiger partial charge in [0, 0.05) is 19.1 Å². The maximum atomic E-state index is 5.96. The molecule has 4 heteroatoms. The highest BCUT2D eigenvalue weighted by atomic mass is 35.5. The monoisotopic (exact) mass is 237 g/mol. The number of aromatic nitrogens is 1. The van der Waals surface area contributed by atoms with E-state index in [1.54, 1.807) is 0 Å². The number of hydrogen-bond acceptors (Lipinski definition) is 3. The number of rotatable bonds is 1. The van der Waals surface area contributed by atoms with Crippen LogP contribution in [0.3, 0.4) is 0 Å². The Morgan fingerprint density at radius 2 is 2.38 bits per heavy atom. The summed E-state index contributed by atoms with van der Waals surface area (Å²) in [5, 5.41) is 4.10. The zero-order valence-electron chi connectivity index (χ0n) is 9.41. The van der Waals surface area contributed by atoms with E-state index in [1.165, 1.54) is 12.1 Å². The molecule has 0 aliphatic carbocycles. The number of nitrogens with zero attached hydrogens (tertiary/aromatic N) is 2. The summed E-state index contributed by atoms with van der Waals surface area (Å²) in [6, 6.07) is 2.79. The predicted molar refractivity (Wildman–Crippen MR) is 66.1 cm³/mol. The van der Waals surface area contributed by atoms with Crippen molar-refractivity contribution in [3.63, 3.8) is 0 Å². The Kier molecular flexibility index (Phi) is 2.52. The maximum absolute atomic E-state index is 5.96. The molecular weight excluding hydrogens is 222 g/mol. The van der Waals surface area contributed by atoms with Gasteiger partial charge in [0.2, 0.25) is 0 Å². The number of anilines is 1. The molecule has 0 aromatic carbocycles. The number of fused-ring (bicyclic) bond motifs is 2. The van der Waals surface area contributed by atoms with Gasteiger partial charge in [-0.05, 0) is 37.4 Å². The van der Waals surface area contributed by atoms with Gasteiger partial charge in [-0.1, -0.05) is 11.6 Å². The van der Waals surface area contributed by atoms with Crippen LogP contribution >= 0.6 is 11.6 Å². The first kappa shape index (κ1) is 10.4. The summed E-state index contributed by atoms with van der Waals surface area (Å²) in [6.45, 7) is 5.42. The Morgan fingerprint density at radius 3 is 3.12 bits per heavy atom. The molecule has 2 saturated heterocycles. The van der Waals surface area contributed by atoms with Crippen molar-refractivity contribution in [1.29, 1.82) is 0 Å². The second kappa shape index (κ2) is 3.90. The molecule has 86 valence electrons. The van der Waals surface area contributed by atoms with Gasteiger partial charge in [0.25, 0.3) is 0 Å². The van der Waals surface area contributed by atoms with Crippen molar-refractivity contribution in [2.24, 2.45) is 5.92 Å². The zero-order valence-corrected chi connectivity index (χ0v) is 10.2. The van der Waals surface area contributed by atoms with Gasteiger partial charge in [0.15, 0.2) is 0 Å². The number of halogens is 1. The lowest BCUT2D eigenvalue weighted by molar-refractivity contribution is 0.434. The van der Waals surface area contributed by atoms with Crippen molar-refractivity contribution in [2.45, 2.75) is 19.4 Å². The van der Waals surface area contributed by atoms with E-state index in [-0.39, 0.29) is 0 Å². The molecule has 0 radical (unpaired) electrons. The minimum absolute atomic E-state index is 0.615. The maximum Gasteiger partial charge on any atom is 0.132 e. The van der Waals surface area contributed by atoms with Crippen LogP contribution in [0.25, 0.3) is 0 Å². The molecule has 3 heterocycles. The van der Waals surface area contributed by atoms with Crippen LogP contribution in [0.5, 0.6) is 0 Å². The van der Waals surface area contributed by atoms with E-state index in [0.717, 1.165) is 31.1 Å². The lowest BCUT2D eigenvalue weighted by Gasteiger charge is -2.26. The van der Waals surface area contributed by atoms with Gasteiger partial charge in [-0.3, -0.25) is 0 Å². The highest BCUT2D eigenvalue weighted by molar-refractivity contribution is 6.30. The molecule has 2 fully saturated rings. The molecule has 1 aromatic rings. The molecule has 3 rings (SSSR count). The molecule has 16 heavy (non-hydrogen) atoms. The van der Waals surface area contributed by atoms with E-state index in [9.17, 15) is 0 Å². The topological polar surface area (TPSA) is 28.2 Å². The van der Waals surface area contributed by atoms with E-state index < -0.39 is 0 Å². The normalized spacial score (nSPS) is 28.5. The summed E-state index contributed by atoms with van der Waals surface area (Å²) in [4.78, 5) is 6.71. The molecule has 0 unspecified atom stereocenters. The number of piperidine rings is 1. The highest BCUT2D eigenvalue weighted by Crippen LogP contribution is 2.31. The van der Waals surface area contributed by atoms with Crippen molar-refractivity contribution in [1.82, 2.24) is 10.3 Å². The summed E-state index contributed by atoms with van der Waals surface area (Å²) in [5.41, 5.74) is 2.28. The molecule has 0 saturated carbocycles. The van der Waals surface area contributed by atoms with Crippen molar-refractivity contribution in [3.8, 4) is 0 Å². The molecule has 0 spiro atoms. The first-order valence-corrected chi connectivity index (χ1v) is 6.21. The Bertz CT molecular complexity index is 407. The van der Waals surface area contributed by atoms with Gasteiger partial charge >= 0.3 is 0 Å². The Balaban J connectivity index is 1.89. The number of nitrogens with one attached hydrogen (secondary N) is 1. The molecular formula is C12H16ClN3. The molecule has 1 N–H and O–H groups in total. The average Bonchev–Trinajstić information content (AvgIpc) is 2.58. The second-order valence-electron chi connectivity index (χ2n) is 4.87. The third kappa shape index (κ3) is 1.68. The van der Waals surface area contributed by atoms with Crippen LogP contribution in [-0.2, 0) is 0 Å². The van der Waals surface area contributed by atoms with E-state index in [0.29, 0.717) is 11.2 Å².